The van der Waals surface area contributed by atoms with Gasteiger partial charge in [-0.3, -0.25) is 0 Å². The van der Waals surface area contributed by atoms with Crippen molar-refractivity contribution >= 4 is 10.0 Å². The Labute approximate surface area is 120 Å². The Morgan fingerprint density at radius 1 is 1.45 bits per heavy atom. The topological polar surface area (TPSA) is 72.4 Å². The lowest BCUT2D eigenvalue weighted by molar-refractivity contribution is 0.192. The Bertz CT molecular complexity index is 533. The van der Waals surface area contributed by atoms with E-state index in [0.29, 0.717) is 24.7 Å². The summed E-state index contributed by atoms with van der Waals surface area (Å²) in [6, 6.07) is 1.63. The molecule has 0 spiro atoms. The zero-order valence-electron chi connectivity index (χ0n) is 12.1. The molecular formula is C13H23N3O3S. The van der Waals surface area contributed by atoms with E-state index < -0.39 is 10.0 Å². The zero-order valence-corrected chi connectivity index (χ0v) is 12.9. The Hall–Kier alpha value is -0.890. The van der Waals surface area contributed by atoms with Crippen LogP contribution in [0.15, 0.2) is 17.2 Å². The van der Waals surface area contributed by atoms with Gasteiger partial charge >= 0.3 is 0 Å². The summed E-state index contributed by atoms with van der Waals surface area (Å²) in [6.45, 7) is 7.39. The van der Waals surface area contributed by atoms with Gasteiger partial charge < -0.3 is 14.6 Å². The van der Waals surface area contributed by atoms with E-state index in [1.165, 1.54) is 0 Å². The van der Waals surface area contributed by atoms with Gasteiger partial charge in [-0.2, -0.15) is 0 Å². The minimum Gasteiger partial charge on any atom is -0.380 e. The summed E-state index contributed by atoms with van der Waals surface area (Å²) >= 11 is 0. The second-order valence-corrected chi connectivity index (χ2v) is 6.63. The minimum atomic E-state index is -3.46. The lowest BCUT2D eigenvalue weighted by atomic mass is 10.3. The maximum absolute atomic E-state index is 12.3. The summed E-state index contributed by atoms with van der Waals surface area (Å²) in [5, 5.41) is 3.22. The highest BCUT2D eigenvalue weighted by atomic mass is 32.2. The normalized spacial score (nSPS) is 19.6. The monoisotopic (exact) mass is 301 g/mol. The Kier molecular flexibility index (Phi) is 5.20. The summed E-state index contributed by atoms with van der Waals surface area (Å²) in [7, 11) is -3.46. The molecule has 1 saturated heterocycles. The highest BCUT2D eigenvalue weighted by Gasteiger charge is 2.24. The number of rotatable bonds is 7. The molecule has 1 atom stereocenters. The highest BCUT2D eigenvalue weighted by Crippen LogP contribution is 2.16. The van der Waals surface area contributed by atoms with Crippen LogP contribution in [0.5, 0.6) is 0 Å². The first-order valence-electron chi connectivity index (χ1n) is 7.06. The summed E-state index contributed by atoms with van der Waals surface area (Å²) in [5.74, 6) is 0. The van der Waals surface area contributed by atoms with E-state index in [0.717, 1.165) is 25.2 Å². The molecule has 0 radical (unpaired) electrons. The van der Waals surface area contributed by atoms with Crippen molar-refractivity contribution in [3.05, 3.63) is 18.0 Å². The van der Waals surface area contributed by atoms with Crippen LogP contribution >= 0.6 is 0 Å². The van der Waals surface area contributed by atoms with Gasteiger partial charge in [-0.1, -0.05) is 6.92 Å². The first kappa shape index (κ1) is 15.5. The van der Waals surface area contributed by atoms with Gasteiger partial charge in [0.15, 0.2) is 0 Å². The summed E-state index contributed by atoms with van der Waals surface area (Å²) < 4.78 is 34.6. The van der Waals surface area contributed by atoms with Gasteiger partial charge in [0, 0.05) is 37.6 Å². The fourth-order valence-electron chi connectivity index (χ4n) is 2.28. The Morgan fingerprint density at radius 3 is 2.85 bits per heavy atom. The van der Waals surface area contributed by atoms with Crippen molar-refractivity contribution in [2.45, 2.75) is 44.3 Å². The van der Waals surface area contributed by atoms with E-state index in [9.17, 15) is 8.42 Å². The average Bonchev–Trinajstić information content (AvgIpc) is 3.04. The predicted molar refractivity (Wildman–Crippen MR) is 77.0 cm³/mol. The van der Waals surface area contributed by atoms with E-state index in [1.807, 2.05) is 18.4 Å². The summed E-state index contributed by atoms with van der Waals surface area (Å²) in [5.41, 5.74) is 0.984. The van der Waals surface area contributed by atoms with Crippen LogP contribution < -0.4 is 10.0 Å². The summed E-state index contributed by atoms with van der Waals surface area (Å²) in [4.78, 5) is 0.333. The third kappa shape index (κ3) is 3.60. The van der Waals surface area contributed by atoms with Crippen LogP contribution in [-0.2, 0) is 27.8 Å². The molecule has 1 aliphatic heterocycles. The Balaban J connectivity index is 2.15. The second kappa shape index (κ2) is 6.71. The average molecular weight is 301 g/mol. The molecule has 2 rings (SSSR count). The SMILES string of the molecule is CCNCc1cc(S(=O)(=O)NC2CCOC2)cn1CC. The first-order chi connectivity index (χ1) is 9.56. The fourth-order valence-corrected chi connectivity index (χ4v) is 3.60. The molecule has 0 aliphatic carbocycles. The lowest BCUT2D eigenvalue weighted by Gasteiger charge is -2.09. The van der Waals surface area contributed by atoms with Gasteiger partial charge in [-0.25, -0.2) is 13.1 Å². The van der Waals surface area contributed by atoms with Gasteiger partial charge in [-0.15, -0.1) is 0 Å². The number of aromatic nitrogens is 1. The van der Waals surface area contributed by atoms with Crippen LogP contribution in [0.4, 0.5) is 0 Å². The number of nitrogens with one attached hydrogen (secondary N) is 2. The molecule has 20 heavy (non-hydrogen) atoms. The molecule has 1 aromatic heterocycles. The van der Waals surface area contributed by atoms with Gasteiger partial charge in [0.05, 0.1) is 11.5 Å². The molecule has 0 bridgehead atoms. The largest absolute Gasteiger partial charge is 0.380 e. The first-order valence-corrected chi connectivity index (χ1v) is 8.55. The molecule has 1 aliphatic rings. The Morgan fingerprint density at radius 2 is 2.25 bits per heavy atom. The van der Waals surface area contributed by atoms with Gasteiger partial charge in [0.2, 0.25) is 10.0 Å². The molecule has 0 saturated carbocycles. The van der Waals surface area contributed by atoms with Crippen molar-refractivity contribution in [3.63, 3.8) is 0 Å². The van der Waals surface area contributed by atoms with E-state index in [-0.39, 0.29) is 6.04 Å². The number of sulfonamides is 1. The van der Waals surface area contributed by atoms with E-state index >= 15 is 0 Å². The molecule has 2 heterocycles. The third-order valence-corrected chi connectivity index (χ3v) is 4.91. The van der Waals surface area contributed by atoms with Gasteiger partial charge in [-0.05, 0) is 26.0 Å². The van der Waals surface area contributed by atoms with E-state index in [1.54, 1.807) is 12.3 Å². The fraction of sp³-hybridized carbons (Fsp3) is 0.692. The molecule has 1 unspecified atom stereocenters. The van der Waals surface area contributed by atoms with Gasteiger partial charge in [0.1, 0.15) is 0 Å². The number of hydrogen-bond donors (Lipinski definition) is 2. The van der Waals surface area contributed by atoms with E-state index in [2.05, 4.69) is 10.0 Å². The zero-order chi connectivity index (χ0) is 14.6. The van der Waals surface area contributed by atoms with Crippen molar-refractivity contribution in [1.29, 1.82) is 0 Å². The van der Waals surface area contributed by atoms with Crippen molar-refractivity contribution in [2.24, 2.45) is 0 Å². The molecule has 0 aromatic carbocycles. The van der Waals surface area contributed by atoms with Crippen LogP contribution in [0, 0.1) is 0 Å². The number of hydrogen-bond acceptors (Lipinski definition) is 4. The minimum absolute atomic E-state index is 0.109. The number of ether oxygens (including phenoxy) is 1. The molecule has 1 aromatic rings. The van der Waals surface area contributed by atoms with Crippen LogP contribution in [-0.4, -0.2) is 38.8 Å². The summed E-state index contributed by atoms with van der Waals surface area (Å²) in [6.07, 6.45) is 2.43. The van der Waals surface area contributed by atoms with Crippen molar-refractivity contribution in [1.82, 2.24) is 14.6 Å². The second-order valence-electron chi connectivity index (χ2n) is 4.92. The quantitative estimate of drug-likeness (QED) is 0.777. The predicted octanol–water partition coefficient (Wildman–Crippen LogP) is 0.685. The maximum Gasteiger partial charge on any atom is 0.242 e. The van der Waals surface area contributed by atoms with Crippen LogP contribution in [0.2, 0.25) is 0 Å². The molecule has 2 N–H and O–H groups in total. The molecular weight excluding hydrogens is 278 g/mol. The van der Waals surface area contributed by atoms with E-state index in [4.69, 9.17) is 4.74 Å². The van der Waals surface area contributed by atoms with Crippen LogP contribution in [0.3, 0.4) is 0 Å². The lowest BCUT2D eigenvalue weighted by Crippen LogP contribution is -2.34. The molecule has 1 fully saturated rings. The smallest absolute Gasteiger partial charge is 0.242 e. The molecule has 114 valence electrons. The maximum atomic E-state index is 12.3. The third-order valence-electron chi connectivity index (χ3n) is 3.42. The van der Waals surface area contributed by atoms with Crippen molar-refractivity contribution in [2.75, 3.05) is 19.8 Å². The van der Waals surface area contributed by atoms with Crippen molar-refractivity contribution in [3.8, 4) is 0 Å². The van der Waals surface area contributed by atoms with Crippen LogP contribution in [0.1, 0.15) is 26.0 Å². The highest BCUT2D eigenvalue weighted by molar-refractivity contribution is 7.89. The molecule has 0 amide bonds. The van der Waals surface area contributed by atoms with Crippen LogP contribution in [0.25, 0.3) is 0 Å². The number of aryl methyl sites for hydroxylation is 1. The molecule has 6 nitrogen and oxygen atoms in total. The van der Waals surface area contributed by atoms with Crippen molar-refractivity contribution < 1.29 is 13.2 Å². The van der Waals surface area contributed by atoms with Gasteiger partial charge in [0.25, 0.3) is 0 Å². The number of nitrogens with zero attached hydrogens (tertiary/aromatic N) is 1. The standard InChI is InChI=1S/C13H23N3O3S/c1-3-14-8-12-7-13(9-16(12)4-2)20(17,18)15-11-5-6-19-10-11/h7,9,11,14-15H,3-6,8,10H2,1-2H3. The molecule has 7 heteroatoms.